The fourth-order valence-electron chi connectivity index (χ4n) is 5.86. The number of rotatable bonds is 6. The molecule has 1 aromatic carbocycles. The van der Waals surface area contributed by atoms with Crippen LogP contribution in [0.4, 0.5) is 9.59 Å². The average Bonchev–Trinajstić information content (AvgIpc) is 3.79. The van der Waals surface area contributed by atoms with Crippen molar-refractivity contribution in [2.75, 3.05) is 13.1 Å². The van der Waals surface area contributed by atoms with Crippen molar-refractivity contribution in [2.45, 2.75) is 104 Å². The largest absolute Gasteiger partial charge is 0.444 e. The summed E-state index contributed by atoms with van der Waals surface area (Å²) < 4.78 is 11.2. The van der Waals surface area contributed by atoms with Gasteiger partial charge in [-0.3, -0.25) is 14.8 Å². The fraction of sp³-hybridized carbons (Fsp3) is 0.500. The second-order valence-corrected chi connectivity index (χ2v) is 15.3. The quantitative estimate of drug-likeness (QED) is 0.270. The van der Waals surface area contributed by atoms with Gasteiger partial charge in [-0.1, -0.05) is 24.3 Å². The lowest BCUT2D eigenvalue weighted by atomic mass is 10.1. The van der Waals surface area contributed by atoms with E-state index in [0.29, 0.717) is 13.1 Å². The molecule has 0 saturated carbocycles. The Hall–Kier alpha value is -3.92. The Kier molecular flexibility index (Phi) is 9.77. The number of aliphatic imine (C=N–C) groups is 1. The Morgan fingerprint density at radius 1 is 0.891 bits per heavy atom. The molecule has 10 heteroatoms. The number of ether oxygens (including phenoxy) is 2. The molecule has 5 rings (SSSR count). The molecule has 46 heavy (non-hydrogen) atoms. The number of carbonyl (C=O) groups is 2. The zero-order valence-corrected chi connectivity index (χ0v) is 29.2. The van der Waals surface area contributed by atoms with Gasteiger partial charge in [-0.05, 0) is 110 Å². The SMILES string of the molecule is C/C(=C\N=C(/C)[C@@H]1CCCN1C(=O)OC(C)(C)C)c1ccc(-c2ccc(-c3cnc([C@@H]4CCCN4C(=O)OC(C)(C)C)[nH]3)s2)cc1. The van der Waals surface area contributed by atoms with Crippen LogP contribution in [0.3, 0.4) is 0 Å². The van der Waals surface area contributed by atoms with Gasteiger partial charge >= 0.3 is 12.2 Å². The van der Waals surface area contributed by atoms with Crippen molar-refractivity contribution in [1.82, 2.24) is 19.8 Å². The predicted octanol–water partition coefficient (Wildman–Crippen LogP) is 9.10. The Labute approximate surface area is 276 Å². The van der Waals surface area contributed by atoms with E-state index in [1.165, 1.54) is 0 Å². The molecule has 9 nitrogen and oxygen atoms in total. The van der Waals surface area contributed by atoms with Crippen molar-refractivity contribution in [3.05, 3.63) is 60.2 Å². The van der Waals surface area contributed by atoms with Gasteiger partial charge in [0.25, 0.3) is 0 Å². The highest BCUT2D eigenvalue weighted by atomic mass is 32.1. The molecule has 2 saturated heterocycles. The molecule has 0 unspecified atom stereocenters. The first-order chi connectivity index (χ1) is 21.7. The summed E-state index contributed by atoms with van der Waals surface area (Å²) in [5.74, 6) is 0.795. The normalized spacial score (nSPS) is 19.6. The zero-order valence-electron chi connectivity index (χ0n) is 28.3. The topological polar surface area (TPSA) is 100 Å². The molecule has 2 amide bonds. The van der Waals surface area contributed by atoms with Crippen LogP contribution in [0.25, 0.3) is 26.6 Å². The van der Waals surface area contributed by atoms with Gasteiger partial charge in [0.05, 0.1) is 28.9 Å². The summed E-state index contributed by atoms with van der Waals surface area (Å²) in [6.45, 7) is 16.7. The number of amides is 2. The van der Waals surface area contributed by atoms with Gasteiger partial charge in [0.1, 0.15) is 17.0 Å². The summed E-state index contributed by atoms with van der Waals surface area (Å²) in [7, 11) is 0. The number of aromatic amines is 1. The maximum absolute atomic E-state index is 12.8. The number of hydrogen-bond acceptors (Lipinski definition) is 7. The lowest BCUT2D eigenvalue weighted by Gasteiger charge is -2.28. The van der Waals surface area contributed by atoms with Gasteiger partial charge in [-0.25, -0.2) is 14.6 Å². The molecule has 246 valence electrons. The van der Waals surface area contributed by atoms with Gasteiger partial charge in [0.15, 0.2) is 0 Å². The molecule has 2 aromatic heterocycles. The van der Waals surface area contributed by atoms with Crippen LogP contribution in [0.15, 0.2) is 53.8 Å². The van der Waals surface area contributed by atoms with E-state index in [1.54, 1.807) is 21.1 Å². The maximum Gasteiger partial charge on any atom is 0.410 e. The van der Waals surface area contributed by atoms with Gasteiger partial charge in [-0.2, -0.15) is 0 Å². The lowest BCUT2D eigenvalue weighted by molar-refractivity contribution is 0.0216. The molecule has 0 aliphatic carbocycles. The molecule has 1 N–H and O–H groups in total. The molecule has 0 radical (unpaired) electrons. The minimum absolute atomic E-state index is 0.0395. The Morgan fingerprint density at radius 3 is 2.17 bits per heavy atom. The van der Waals surface area contributed by atoms with Crippen LogP contribution < -0.4 is 0 Å². The lowest BCUT2D eigenvalue weighted by Crippen LogP contribution is -2.42. The van der Waals surface area contributed by atoms with E-state index in [9.17, 15) is 9.59 Å². The van der Waals surface area contributed by atoms with E-state index in [-0.39, 0.29) is 24.3 Å². The number of likely N-dealkylation sites (tertiary alicyclic amines) is 2. The first-order valence-corrected chi connectivity index (χ1v) is 17.0. The highest BCUT2D eigenvalue weighted by Gasteiger charge is 2.35. The second kappa shape index (κ2) is 13.4. The fourth-order valence-corrected chi connectivity index (χ4v) is 6.83. The first-order valence-electron chi connectivity index (χ1n) is 16.1. The molecular formula is C36H47N5O4S. The average molecular weight is 646 g/mol. The number of thiophene rings is 1. The van der Waals surface area contributed by atoms with Crippen molar-refractivity contribution in [3.63, 3.8) is 0 Å². The number of allylic oxidation sites excluding steroid dienone is 1. The third-order valence-electron chi connectivity index (χ3n) is 8.11. The van der Waals surface area contributed by atoms with E-state index >= 15 is 0 Å². The minimum Gasteiger partial charge on any atom is -0.444 e. The van der Waals surface area contributed by atoms with Crippen LogP contribution in [-0.2, 0) is 9.47 Å². The molecule has 2 aliphatic rings. The number of aromatic nitrogens is 2. The Morgan fingerprint density at radius 2 is 1.50 bits per heavy atom. The van der Waals surface area contributed by atoms with E-state index in [1.807, 2.05) is 60.9 Å². The molecule has 2 fully saturated rings. The summed E-state index contributed by atoms with van der Waals surface area (Å²) in [6.07, 6.45) is 6.80. The summed E-state index contributed by atoms with van der Waals surface area (Å²) in [5.41, 5.74) is 4.09. The zero-order chi connectivity index (χ0) is 33.2. The van der Waals surface area contributed by atoms with Crippen molar-refractivity contribution in [1.29, 1.82) is 0 Å². The van der Waals surface area contributed by atoms with Crippen molar-refractivity contribution in [2.24, 2.45) is 4.99 Å². The number of imidazole rings is 1. The third kappa shape index (κ3) is 8.07. The Bertz CT molecular complexity index is 1610. The highest BCUT2D eigenvalue weighted by Crippen LogP contribution is 2.37. The number of nitrogens with zero attached hydrogens (tertiary/aromatic N) is 4. The van der Waals surface area contributed by atoms with Crippen LogP contribution in [0.2, 0.25) is 0 Å². The van der Waals surface area contributed by atoms with Gasteiger partial charge in [0, 0.05) is 29.9 Å². The van der Waals surface area contributed by atoms with Crippen LogP contribution in [0.5, 0.6) is 0 Å². The molecule has 3 aromatic rings. The smallest absolute Gasteiger partial charge is 0.410 e. The summed E-state index contributed by atoms with van der Waals surface area (Å²) in [5, 5.41) is 0. The number of benzene rings is 1. The maximum atomic E-state index is 12.8. The van der Waals surface area contributed by atoms with E-state index < -0.39 is 11.2 Å². The van der Waals surface area contributed by atoms with E-state index in [4.69, 9.17) is 14.5 Å². The number of hydrogen-bond donors (Lipinski definition) is 1. The molecule has 4 heterocycles. The Balaban J connectivity index is 1.23. The van der Waals surface area contributed by atoms with Crippen molar-refractivity contribution >= 4 is 34.8 Å². The van der Waals surface area contributed by atoms with Crippen LogP contribution >= 0.6 is 11.3 Å². The monoisotopic (exact) mass is 645 g/mol. The molecule has 2 aliphatic heterocycles. The number of nitrogens with one attached hydrogen (secondary N) is 1. The van der Waals surface area contributed by atoms with Crippen LogP contribution in [0.1, 0.15) is 98.5 Å². The molecule has 2 atom stereocenters. The first kappa shape index (κ1) is 33.4. The molecule has 0 bridgehead atoms. The van der Waals surface area contributed by atoms with Gasteiger partial charge in [-0.15, -0.1) is 11.3 Å². The standard InChI is InChI=1S/C36H47N5O4S/c1-23(21-37-24(2)28-11-9-19-40(28)33(42)44-35(3,4)5)25-13-15-26(16-14-25)30-17-18-31(46-30)27-22-38-32(39-27)29-12-10-20-41(29)34(43)45-36(6,7)8/h13-18,21-22,28-29H,9-12,19-20H2,1-8H3,(H,38,39)/b23-21+,37-24+/t28-,29-/m0/s1. The molecular weight excluding hydrogens is 598 g/mol. The summed E-state index contributed by atoms with van der Waals surface area (Å²) >= 11 is 1.70. The number of H-pyrrole nitrogens is 1. The van der Waals surface area contributed by atoms with Gasteiger partial charge < -0.3 is 14.5 Å². The van der Waals surface area contributed by atoms with Crippen LogP contribution in [0, 0.1) is 0 Å². The van der Waals surface area contributed by atoms with Crippen molar-refractivity contribution < 1.29 is 19.1 Å². The third-order valence-corrected chi connectivity index (χ3v) is 9.28. The highest BCUT2D eigenvalue weighted by molar-refractivity contribution is 7.18. The number of carbonyl (C=O) groups excluding carboxylic acids is 2. The van der Waals surface area contributed by atoms with E-state index in [2.05, 4.69) is 53.3 Å². The minimum atomic E-state index is -0.534. The van der Waals surface area contributed by atoms with Crippen molar-refractivity contribution in [3.8, 4) is 21.0 Å². The molecule has 0 spiro atoms. The van der Waals surface area contributed by atoms with Gasteiger partial charge in [0.2, 0.25) is 0 Å². The van der Waals surface area contributed by atoms with Crippen LogP contribution in [-0.4, -0.2) is 68.0 Å². The predicted molar refractivity (Wildman–Crippen MR) is 185 cm³/mol. The summed E-state index contributed by atoms with van der Waals surface area (Å²) in [4.78, 5) is 44.2. The summed E-state index contributed by atoms with van der Waals surface area (Å²) in [6, 6.07) is 12.6. The second-order valence-electron chi connectivity index (χ2n) is 14.2. The van der Waals surface area contributed by atoms with E-state index in [0.717, 1.165) is 69.4 Å².